The summed E-state index contributed by atoms with van der Waals surface area (Å²) in [5, 5.41) is 18.0. The van der Waals surface area contributed by atoms with Gasteiger partial charge >= 0.3 is 12.0 Å². The Hall–Kier alpha value is -1.81. The van der Waals surface area contributed by atoms with Gasteiger partial charge in [-0.25, -0.2) is 9.59 Å². The van der Waals surface area contributed by atoms with Crippen LogP contribution in [0.1, 0.15) is 19.3 Å². The molecule has 0 spiro atoms. The summed E-state index contributed by atoms with van der Waals surface area (Å²) in [6.07, 6.45) is 1.52. The van der Waals surface area contributed by atoms with Crippen molar-refractivity contribution < 1.29 is 19.4 Å². The van der Waals surface area contributed by atoms with Crippen molar-refractivity contribution in [1.82, 2.24) is 9.80 Å². The number of likely N-dealkylation sites (tertiary alicyclic amines) is 1. The maximum atomic E-state index is 12.4. The van der Waals surface area contributed by atoms with E-state index in [1.54, 1.807) is 0 Å². The van der Waals surface area contributed by atoms with E-state index in [0.717, 1.165) is 12.8 Å². The molecule has 2 aliphatic rings. The number of ether oxygens (including phenoxy) is 1. The highest BCUT2D eigenvalue weighted by Gasteiger charge is 2.36. The Morgan fingerprint density at radius 1 is 1.32 bits per heavy atom. The van der Waals surface area contributed by atoms with E-state index in [-0.39, 0.29) is 12.6 Å². The highest BCUT2D eigenvalue weighted by atomic mass is 16.5. The number of aliphatic carboxylic acids is 1. The Bertz CT molecular complexity index is 406. The molecule has 0 aromatic heterocycles. The van der Waals surface area contributed by atoms with E-state index in [1.807, 2.05) is 6.07 Å². The van der Waals surface area contributed by atoms with Crippen molar-refractivity contribution in [1.29, 1.82) is 5.26 Å². The fourth-order valence-corrected chi connectivity index (χ4v) is 2.50. The number of rotatable bonds is 1. The average Bonchev–Trinajstić information content (AvgIpc) is 2.46. The van der Waals surface area contributed by atoms with Crippen molar-refractivity contribution in [2.24, 2.45) is 0 Å². The highest BCUT2D eigenvalue weighted by molar-refractivity contribution is 5.83. The van der Waals surface area contributed by atoms with Gasteiger partial charge < -0.3 is 19.6 Å². The molecule has 2 atom stereocenters. The molecule has 2 unspecified atom stereocenters. The van der Waals surface area contributed by atoms with Gasteiger partial charge in [-0.15, -0.1) is 0 Å². The first-order chi connectivity index (χ1) is 9.13. The first-order valence-electron chi connectivity index (χ1n) is 6.43. The van der Waals surface area contributed by atoms with Gasteiger partial charge in [0.1, 0.15) is 6.04 Å². The monoisotopic (exact) mass is 267 g/mol. The largest absolute Gasteiger partial charge is 0.480 e. The summed E-state index contributed by atoms with van der Waals surface area (Å²) in [5.41, 5.74) is 0. The first kappa shape index (κ1) is 13.6. The third-order valence-electron chi connectivity index (χ3n) is 3.51. The Kier molecular flexibility index (Phi) is 4.22. The van der Waals surface area contributed by atoms with Gasteiger partial charge in [0.2, 0.25) is 0 Å². The molecule has 0 aromatic carbocycles. The maximum Gasteiger partial charge on any atom is 0.326 e. The Morgan fingerprint density at radius 3 is 2.79 bits per heavy atom. The predicted octanol–water partition coefficient (Wildman–Crippen LogP) is 0.270. The van der Waals surface area contributed by atoms with Crippen molar-refractivity contribution >= 4 is 12.0 Å². The van der Waals surface area contributed by atoms with E-state index in [1.165, 1.54) is 9.80 Å². The number of carbonyl (C=O) groups excluding carboxylic acids is 1. The lowest BCUT2D eigenvalue weighted by molar-refractivity contribution is -0.143. The minimum absolute atomic E-state index is 0.207. The van der Waals surface area contributed by atoms with Gasteiger partial charge in [-0.1, -0.05) is 0 Å². The molecule has 0 aliphatic carbocycles. The molecule has 2 rings (SSSR count). The molecule has 0 aromatic rings. The van der Waals surface area contributed by atoms with Crippen molar-refractivity contribution in [2.45, 2.75) is 31.4 Å². The topological polar surface area (TPSA) is 93.9 Å². The molecule has 7 nitrogen and oxygen atoms in total. The van der Waals surface area contributed by atoms with E-state index in [4.69, 9.17) is 15.1 Å². The van der Waals surface area contributed by atoms with Gasteiger partial charge in [-0.2, -0.15) is 5.26 Å². The van der Waals surface area contributed by atoms with Crippen LogP contribution in [-0.2, 0) is 9.53 Å². The van der Waals surface area contributed by atoms with Crippen LogP contribution in [0.5, 0.6) is 0 Å². The molecule has 2 aliphatic heterocycles. The van der Waals surface area contributed by atoms with E-state index < -0.39 is 18.1 Å². The molecular formula is C12H17N3O4. The van der Waals surface area contributed by atoms with Crippen LogP contribution in [0.15, 0.2) is 0 Å². The zero-order valence-electron chi connectivity index (χ0n) is 10.6. The molecule has 7 heteroatoms. The summed E-state index contributed by atoms with van der Waals surface area (Å²) >= 11 is 0. The van der Waals surface area contributed by atoms with Gasteiger partial charge in [-0.3, -0.25) is 0 Å². The third-order valence-corrected chi connectivity index (χ3v) is 3.51. The smallest absolute Gasteiger partial charge is 0.326 e. The SMILES string of the molecule is N#CC1CN(C(=O)N2CCCCC2C(=O)O)CCO1. The van der Waals surface area contributed by atoms with Crippen LogP contribution in [0, 0.1) is 11.3 Å². The molecule has 0 saturated carbocycles. The number of hydrogen-bond donors (Lipinski definition) is 1. The molecule has 2 amide bonds. The summed E-state index contributed by atoms with van der Waals surface area (Å²) in [6, 6.07) is 0.933. The van der Waals surface area contributed by atoms with E-state index in [2.05, 4.69) is 0 Å². The summed E-state index contributed by atoms with van der Waals surface area (Å²) in [6.45, 7) is 1.39. The molecule has 104 valence electrons. The fourth-order valence-electron chi connectivity index (χ4n) is 2.50. The van der Waals surface area contributed by atoms with E-state index in [9.17, 15) is 9.59 Å². The van der Waals surface area contributed by atoms with Gasteiger partial charge in [0, 0.05) is 13.1 Å². The number of carboxylic acids is 1. The van der Waals surface area contributed by atoms with Gasteiger partial charge in [0.15, 0.2) is 6.10 Å². The summed E-state index contributed by atoms with van der Waals surface area (Å²) in [4.78, 5) is 26.5. The van der Waals surface area contributed by atoms with Crippen LogP contribution < -0.4 is 0 Å². The van der Waals surface area contributed by atoms with Gasteiger partial charge in [-0.05, 0) is 19.3 Å². The normalized spacial score (nSPS) is 27.7. The highest BCUT2D eigenvalue weighted by Crippen LogP contribution is 2.20. The lowest BCUT2D eigenvalue weighted by Gasteiger charge is -2.39. The van der Waals surface area contributed by atoms with Crippen LogP contribution in [0.2, 0.25) is 0 Å². The number of hydrogen-bond acceptors (Lipinski definition) is 4. The zero-order chi connectivity index (χ0) is 13.8. The second-order valence-electron chi connectivity index (χ2n) is 4.76. The number of nitriles is 1. The predicted molar refractivity (Wildman–Crippen MR) is 64.3 cm³/mol. The Morgan fingerprint density at radius 2 is 2.11 bits per heavy atom. The molecule has 2 heterocycles. The van der Waals surface area contributed by atoms with E-state index >= 15 is 0 Å². The Labute approximate surface area is 111 Å². The van der Waals surface area contributed by atoms with Crippen molar-refractivity contribution in [3.05, 3.63) is 0 Å². The summed E-state index contributed by atoms with van der Waals surface area (Å²) in [5.74, 6) is -0.960. The maximum absolute atomic E-state index is 12.4. The van der Waals surface area contributed by atoms with Crippen LogP contribution in [0.25, 0.3) is 0 Å². The number of piperidine rings is 1. The molecule has 0 bridgehead atoms. The molecule has 0 radical (unpaired) electrons. The van der Waals surface area contributed by atoms with Crippen LogP contribution in [-0.4, -0.2) is 65.3 Å². The first-order valence-corrected chi connectivity index (χ1v) is 6.43. The lowest BCUT2D eigenvalue weighted by Crippen LogP contribution is -2.56. The van der Waals surface area contributed by atoms with Crippen molar-refractivity contribution in [2.75, 3.05) is 26.2 Å². The number of carbonyl (C=O) groups is 2. The van der Waals surface area contributed by atoms with Crippen LogP contribution in [0.3, 0.4) is 0 Å². The minimum Gasteiger partial charge on any atom is -0.480 e. The average molecular weight is 267 g/mol. The van der Waals surface area contributed by atoms with Crippen LogP contribution >= 0.6 is 0 Å². The third kappa shape index (κ3) is 2.96. The minimum atomic E-state index is -0.960. The van der Waals surface area contributed by atoms with Crippen molar-refractivity contribution in [3.8, 4) is 6.07 Å². The second-order valence-corrected chi connectivity index (χ2v) is 4.76. The number of carboxylic acid groups (broad SMARTS) is 1. The van der Waals surface area contributed by atoms with Crippen molar-refractivity contribution in [3.63, 3.8) is 0 Å². The Balaban J connectivity index is 2.05. The number of morpholine rings is 1. The summed E-state index contributed by atoms with van der Waals surface area (Å²) < 4.78 is 5.18. The summed E-state index contributed by atoms with van der Waals surface area (Å²) in [7, 11) is 0. The van der Waals surface area contributed by atoms with Crippen LogP contribution in [0.4, 0.5) is 4.79 Å². The standard InChI is InChI=1S/C12H17N3O4/c13-7-9-8-14(5-6-19-9)12(18)15-4-2-1-3-10(15)11(16)17/h9-10H,1-6,8H2,(H,16,17). The second kappa shape index (κ2) is 5.89. The fraction of sp³-hybridized carbons (Fsp3) is 0.750. The molecule has 2 fully saturated rings. The van der Waals surface area contributed by atoms with Gasteiger partial charge in [0.25, 0.3) is 0 Å². The quantitative estimate of drug-likeness (QED) is 0.736. The number of urea groups is 1. The molecule has 1 N–H and O–H groups in total. The zero-order valence-corrected chi connectivity index (χ0v) is 10.6. The molecule has 19 heavy (non-hydrogen) atoms. The molecule has 2 saturated heterocycles. The number of nitrogens with zero attached hydrogens (tertiary/aromatic N) is 3. The number of amides is 2. The van der Waals surface area contributed by atoms with Gasteiger partial charge in [0.05, 0.1) is 19.2 Å². The molecular weight excluding hydrogens is 250 g/mol. The lowest BCUT2D eigenvalue weighted by atomic mass is 10.0. The van der Waals surface area contributed by atoms with E-state index in [0.29, 0.717) is 26.1 Å².